The van der Waals surface area contributed by atoms with E-state index in [1.165, 1.54) is 5.56 Å². The van der Waals surface area contributed by atoms with E-state index < -0.39 is 11.4 Å². The molecule has 0 atom stereocenters. The topological polar surface area (TPSA) is 66.4 Å². The van der Waals surface area contributed by atoms with Gasteiger partial charge < -0.3 is 10.4 Å². The molecule has 0 unspecified atom stereocenters. The average Bonchev–Trinajstić information content (AvgIpc) is 2.45. The third kappa shape index (κ3) is 3.83. The number of hydrogen-bond acceptors (Lipinski definition) is 2. The highest BCUT2D eigenvalue weighted by Crippen LogP contribution is 2.31. The number of hydrogen-bond donors (Lipinski definition) is 2. The number of carboxylic acids is 1. The minimum Gasteiger partial charge on any atom is -0.481 e. The molecule has 0 bridgehead atoms. The van der Waals surface area contributed by atoms with Gasteiger partial charge in [0.05, 0.1) is 5.41 Å². The number of anilines is 1. The molecule has 1 rings (SSSR count). The molecule has 0 fully saturated rings. The molecule has 0 aliphatic carbocycles. The van der Waals surface area contributed by atoms with Crippen LogP contribution in [0.5, 0.6) is 0 Å². The van der Waals surface area contributed by atoms with E-state index in [4.69, 9.17) is 0 Å². The number of nitrogens with one attached hydrogen (secondary N) is 1. The van der Waals surface area contributed by atoms with Gasteiger partial charge >= 0.3 is 5.97 Å². The minimum absolute atomic E-state index is 0.00482. The van der Waals surface area contributed by atoms with Gasteiger partial charge in [0, 0.05) is 12.1 Å². The molecule has 4 nitrogen and oxygen atoms in total. The molecule has 0 aromatic heterocycles. The SMILES string of the molecule is CCc1ccc(NC(=O)CC(CC)(CC)C(=O)O)cc1. The first-order valence-electron chi connectivity index (χ1n) is 7.09. The zero-order valence-electron chi connectivity index (χ0n) is 12.4. The molecular weight excluding hydrogens is 254 g/mol. The van der Waals surface area contributed by atoms with Gasteiger partial charge in [-0.15, -0.1) is 0 Å². The molecule has 0 heterocycles. The number of rotatable bonds is 7. The smallest absolute Gasteiger partial charge is 0.310 e. The number of amides is 1. The van der Waals surface area contributed by atoms with Gasteiger partial charge in [-0.25, -0.2) is 0 Å². The van der Waals surface area contributed by atoms with E-state index in [9.17, 15) is 14.7 Å². The van der Waals surface area contributed by atoms with Crippen molar-refractivity contribution in [3.63, 3.8) is 0 Å². The Morgan fingerprint density at radius 1 is 1.10 bits per heavy atom. The number of carboxylic acid groups (broad SMARTS) is 1. The second kappa shape index (κ2) is 7.08. The normalized spacial score (nSPS) is 11.2. The monoisotopic (exact) mass is 277 g/mol. The molecule has 0 spiro atoms. The first-order chi connectivity index (χ1) is 9.47. The predicted molar refractivity (Wildman–Crippen MR) is 79.7 cm³/mol. The van der Waals surface area contributed by atoms with E-state index in [0.29, 0.717) is 18.5 Å². The Kier molecular flexibility index (Phi) is 5.74. The molecule has 1 amide bonds. The summed E-state index contributed by atoms with van der Waals surface area (Å²) in [6.45, 7) is 5.68. The zero-order chi connectivity index (χ0) is 15.2. The maximum atomic E-state index is 12.0. The Hall–Kier alpha value is -1.84. The third-order valence-electron chi connectivity index (χ3n) is 3.95. The standard InChI is InChI=1S/C16H23NO3/c1-4-12-7-9-13(10-8-12)17-14(18)11-16(5-2,6-3)15(19)20/h7-10H,4-6,11H2,1-3H3,(H,17,18)(H,19,20). The van der Waals surface area contributed by atoms with Crippen molar-refractivity contribution >= 4 is 17.6 Å². The Bertz CT molecular complexity index is 461. The van der Waals surface area contributed by atoms with Crippen LogP contribution in [0.4, 0.5) is 5.69 Å². The number of carbonyl (C=O) groups excluding carboxylic acids is 1. The Balaban J connectivity index is 2.72. The molecule has 1 aromatic carbocycles. The maximum Gasteiger partial charge on any atom is 0.310 e. The van der Waals surface area contributed by atoms with Crippen molar-refractivity contribution in [2.45, 2.75) is 46.5 Å². The fraction of sp³-hybridized carbons (Fsp3) is 0.500. The highest BCUT2D eigenvalue weighted by Gasteiger charge is 2.37. The van der Waals surface area contributed by atoms with E-state index in [1.54, 1.807) is 13.8 Å². The summed E-state index contributed by atoms with van der Waals surface area (Å²) in [5.74, 6) is -1.15. The minimum atomic E-state index is -0.965. The van der Waals surface area contributed by atoms with Gasteiger partial charge in [-0.1, -0.05) is 32.9 Å². The molecule has 0 aliphatic rings. The van der Waals surface area contributed by atoms with Crippen LogP contribution in [0.2, 0.25) is 0 Å². The van der Waals surface area contributed by atoms with Crippen LogP contribution < -0.4 is 5.32 Å². The summed E-state index contributed by atoms with van der Waals surface area (Å²) in [6.07, 6.45) is 1.84. The molecular formula is C16H23NO3. The van der Waals surface area contributed by atoms with Crippen LogP contribution in [0.1, 0.15) is 45.6 Å². The van der Waals surface area contributed by atoms with E-state index in [1.807, 2.05) is 24.3 Å². The van der Waals surface area contributed by atoms with E-state index in [-0.39, 0.29) is 12.3 Å². The van der Waals surface area contributed by atoms with Crippen LogP contribution in [0.25, 0.3) is 0 Å². The van der Waals surface area contributed by atoms with Gasteiger partial charge in [0.15, 0.2) is 0 Å². The van der Waals surface area contributed by atoms with Crippen molar-refractivity contribution in [2.75, 3.05) is 5.32 Å². The van der Waals surface area contributed by atoms with Crippen molar-refractivity contribution in [3.8, 4) is 0 Å². The zero-order valence-corrected chi connectivity index (χ0v) is 12.4. The van der Waals surface area contributed by atoms with Crippen molar-refractivity contribution in [2.24, 2.45) is 5.41 Å². The molecule has 110 valence electrons. The molecule has 0 aliphatic heterocycles. The first-order valence-corrected chi connectivity index (χ1v) is 7.09. The number of aryl methyl sites for hydroxylation is 1. The van der Waals surface area contributed by atoms with Crippen molar-refractivity contribution in [3.05, 3.63) is 29.8 Å². The summed E-state index contributed by atoms with van der Waals surface area (Å²) in [6, 6.07) is 7.60. The van der Waals surface area contributed by atoms with Crippen molar-refractivity contribution < 1.29 is 14.7 Å². The maximum absolute atomic E-state index is 12.0. The molecule has 0 saturated carbocycles. The average molecular weight is 277 g/mol. The van der Waals surface area contributed by atoms with Gasteiger partial charge in [-0.2, -0.15) is 0 Å². The lowest BCUT2D eigenvalue weighted by Gasteiger charge is -2.25. The van der Waals surface area contributed by atoms with Crippen LogP contribution in [0.3, 0.4) is 0 Å². The molecule has 1 aromatic rings. The highest BCUT2D eigenvalue weighted by atomic mass is 16.4. The van der Waals surface area contributed by atoms with Gasteiger partial charge in [0.25, 0.3) is 0 Å². The van der Waals surface area contributed by atoms with Gasteiger partial charge in [0.2, 0.25) is 5.91 Å². The summed E-state index contributed by atoms with van der Waals surface area (Å²) in [5.41, 5.74) is 0.941. The molecule has 0 radical (unpaired) electrons. The lowest BCUT2D eigenvalue weighted by Crippen LogP contribution is -2.34. The summed E-state index contributed by atoms with van der Waals surface area (Å²) in [4.78, 5) is 23.4. The molecule has 2 N–H and O–H groups in total. The van der Waals surface area contributed by atoms with Crippen LogP contribution in [-0.2, 0) is 16.0 Å². The van der Waals surface area contributed by atoms with E-state index >= 15 is 0 Å². The van der Waals surface area contributed by atoms with Crippen LogP contribution >= 0.6 is 0 Å². The molecule has 4 heteroatoms. The van der Waals surface area contributed by atoms with Crippen molar-refractivity contribution in [1.82, 2.24) is 0 Å². The fourth-order valence-electron chi connectivity index (χ4n) is 2.21. The van der Waals surface area contributed by atoms with Crippen molar-refractivity contribution in [1.29, 1.82) is 0 Å². The summed E-state index contributed by atoms with van der Waals surface area (Å²) < 4.78 is 0. The lowest BCUT2D eigenvalue weighted by atomic mass is 9.79. The summed E-state index contributed by atoms with van der Waals surface area (Å²) in [5, 5.41) is 12.1. The second-order valence-corrected chi connectivity index (χ2v) is 5.07. The van der Waals surface area contributed by atoms with Crippen LogP contribution in [0, 0.1) is 5.41 Å². The summed E-state index contributed by atoms with van der Waals surface area (Å²) in [7, 11) is 0. The second-order valence-electron chi connectivity index (χ2n) is 5.07. The third-order valence-corrected chi connectivity index (χ3v) is 3.95. The summed E-state index contributed by atoms with van der Waals surface area (Å²) >= 11 is 0. The fourth-order valence-corrected chi connectivity index (χ4v) is 2.21. The van der Waals surface area contributed by atoms with Crippen LogP contribution in [-0.4, -0.2) is 17.0 Å². The predicted octanol–water partition coefficient (Wildman–Crippen LogP) is 3.47. The molecule has 20 heavy (non-hydrogen) atoms. The van der Waals surface area contributed by atoms with E-state index in [2.05, 4.69) is 12.2 Å². The molecule has 0 saturated heterocycles. The highest BCUT2D eigenvalue weighted by molar-refractivity contribution is 5.94. The Morgan fingerprint density at radius 3 is 2.05 bits per heavy atom. The van der Waals surface area contributed by atoms with Crippen LogP contribution in [0.15, 0.2) is 24.3 Å². The number of carbonyl (C=O) groups is 2. The van der Waals surface area contributed by atoms with Gasteiger partial charge in [-0.3, -0.25) is 9.59 Å². The van der Waals surface area contributed by atoms with E-state index in [0.717, 1.165) is 6.42 Å². The Morgan fingerprint density at radius 2 is 1.65 bits per heavy atom. The lowest BCUT2D eigenvalue weighted by molar-refractivity contribution is -0.151. The first kappa shape index (κ1) is 16.2. The van der Waals surface area contributed by atoms with Gasteiger partial charge in [-0.05, 0) is 37.0 Å². The van der Waals surface area contributed by atoms with Gasteiger partial charge in [0.1, 0.15) is 0 Å². The largest absolute Gasteiger partial charge is 0.481 e. The quantitative estimate of drug-likeness (QED) is 0.802. The number of aliphatic carboxylic acids is 1. The number of benzene rings is 1. The Labute approximate surface area is 120 Å².